The van der Waals surface area contributed by atoms with E-state index >= 15 is 0 Å². The Bertz CT molecular complexity index is 1260. The topological polar surface area (TPSA) is 85.2 Å². The Balaban J connectivity index is 1.29. The first-order valence-corrected chi connectivity index (χ1v) is 12.1. The van der Waals surface area contributed by atoms with Crippen molar-refractivity contribution in [2.24, 2.45) is 0 Å². The van der Waals surface area contributed by atoms with Crippen molar-refractivity contribution < 1.29 is 14.3 Å². The maximum Gasteiger partial charge on any atom is 0.251 e. The number of ether oxygens (including phenoxy) is 1. The minimum absolute atomic E-state index is 0.0780. The zero-order chi connectivity index (χ0) is 24.5. The van der Waals surface area contributed by atoms with E-state index < -0.39 is 0 Å². The summed E-state index contributed by atoms with van der Waals surface area (Å²) in [6.45, 7) is 0.926. The molecule has 7 nitrogen and oxygen atoms in total. The van der Waals surface area contributed by atoms with Crippen LogP contribution in [0.4, 0.5) is 0 Å². The number of rotatable bonds is 10. The van der Waals surface area contributed by atoms with Gasteiger partial charge in [-0.1, -0.05) is 54.2 Å². The first kappa shape index (κ1) is 24.1. The first-order chi connectivity index (χ1) is 17.1. The highest BCUT2D eigenvalue weighted by molar-refractivity contribution is 7.99. The van der Waals surface area contributed by atoms with E-state index in [1.54, 1.807) is 25.4 Å². The highest BCUT2D eigenvalue weighted by atomic mass is 32.2. The summed E-state index contributed by atoms with van der Waals surface area (Å²) in [4.78, 5) is 29.2. The van der Waals surface area contributed by atoms with Crippen LogP contribution >= 0.6 is 11.8 Å². The summed E-state index contributed by atoms with van der Waals surface area (Å²) in [5, 5.41) is 6.55. The minimum Gasteiger partial charge on any atom is -0.497 e. The molecular weight excluding hydrogens is 460 g/mol. The molecule has 0 aliphatic rings. The lowest BCUT2D eigenvalue weighted by atomic mass is 10.1. The van der Waals surface area contributed by atoms with Crippen LogP contribution < -0.4 is 15.4 Å². The lowest BCUT2D eigenvalue weighted by molar-refractivity contribution is -0.118. The molecule has 2 amide bonds. The minimum atomic E-state index is -0.130. The summed E-state index contributed by atoms with van der Waals surface area (Å²) in [7, 11) is 1.62. The molecule has 178 valence electrons. The maximum absolute atomic E-state index is 12.5. The van der Waals surface area contributed by atoms with Crippen LogP contribution in [0, 0.1) is 0 Å². The summed E-state index contributed by atoms with van der Waals surface area (Å²) in [5.41, 5.74) is 3.49. The molecule has 1 aromatic heterocycles. The van der Waals surface area contributed by atoms with Gasteiger partial charge in [0.25, 0.3) is 5.91 Å². The van der Waals surface area contributed by atoms with E-state index in [1.165, 1.54) is 11.8 Å². The molecule has 4 aromatic rings. The van der Waals surface area contributed by atoms with Crippen LogP contribution in [0.2, 0.25) is 0 Å². The number of nitrogens with zero attached hydrogens (tertiary/aromatic N) is 2. The molecule has 0 fully saturated rings. The number of aromatic nitrogens is 2. The van der Waals surface area contributed by atoms with Gasteiger partial charge in [-0.05, 0) is 47.5 Å². The smallest absolute Gasteiger partial charge is 0.251 e. The third kappa shape index (κ3) is 6.74. The summed E-state index contributed by atoms with van der Waals surface area (Å²) in [5.74, 6) is 0.816. The van der Waals surface area contributed by atoms with Crippen molar-refractivity contribution in [1.29, 1.82) is 0 Å². The quantitative estimate of drug-likeness (QED) is 0.328. The Morgan fingerprint density at radius 3 is 2.29 bits per heavy atom. The van der Waals surface area contributed by atoms with Crippen molar-refractivity contribution >= 4 is 23.6 Å². The molecule has 2 N–H and O–H groups in total. The first-order valence-electron chi connectivity index (χ1n) is 11.1. The van der Waals surface area contributed by atoms with E-state index in [2.05, 4.69) is 15.6 Å². The van der Waals surface area contributed by atoms with Gasteiger partial charge in [0.15, 0.2) is 5.16 Å². The fraction of sp³-hybridized carbons (Fsp3) is 0.148. The van der Waals surface area contributed by atoms with Gasteiger partial charge in [0.1, 0.15) is 5.75 Å². The molecule has 0 bridgehead atoms. The molecule has 0 saturated carbocycles. The van der Waals surface area contributed by atoms with Crippen LogP contribution in [0.3, 0.4) is 0 Å². The third-order valence-corrected chi connectivity index (χ3v) is 6.26. The fourth-order valence-electron chi connectivity index (χ4n) is 3.37. The Morgan fingerprint density at radius 2 is 1.57 bits per heavy atom. The summed E-state index contributed by atoms with van der Waals surface area (Å²) in [6, 6.07) is 24.7. The second kappa shape index (κ2) is 11.9. The molecule has 3 aromatic carbocycles. The molecule has 0 unspecified atom stereocenters. The standard InChI is InChI=1S/C27H26N4O3S/c1-34-24-13-7-21(8-14-24)17-29-25(32)19-35-27-28-15-16-31(27)23-11-9-22(10-12-23)26(33)30-18-20-5-3-2-4-6-20/h2-16H,17-19H2,1H3,(H,29,32)(H,30,33). The monoisotopic (exact) mass is 486 g/mol. The molecule has 35 heavy (non-hydrogen) atoms. The second-order valence-electron chi connectivity index (χ2n) is 7.71. The van der Waals surface area contributed by atoms with E-state index in [-0.39, 0.29) is 17.6 Å². The van der Waals surface area contributed by atoms with Crippen molar-refractivity contribution in [3.05, 3.63) is 108 Å². The van der Waals surface area contributed by atoms with E-state index in [0.29, 0.717) is 23.8 Å². The van der Waals surface area contributed by atoms with Gasteiger partial charge in [-0.15, -0.1) is 0 Å². The van der Waals surface area contributed by atoms with Crippen molar-refractivity contribution in [2.45, 2.75) is 18.2 Å². The SMILES string of the molecule is COc1ccc(CNC(=O)CSc2nccn2-c2ccc(C(=O)NCc3ccccc3)cc2)cc1. The maximum atomic E-state index is 12.5. The number of hydrogen-bond donors (Lipinski definition) is 2. The number of nitrogens with one attached hydrogen (secondary N) is 2. The van der Waals surface area contributed by atoms with Crippen LogP contribution in [0.15, 0.2) is 96.4 Å². The second-order valence-corrected chi connectivity index (χ2v) is 8.65. The number of amides is 2. The van der Waals surface area contributed by atoms with Crippen LogP contribution in [0.25, 0.3) is 5.69 Å². The van der Waals surface area contributed by atoms with Crippen molar-refractivity contribution in [3.8, 4) is 11.4 Å². The molecular formula is C27H26N4O3S. The molecule has 1 heterocycles. The summed E-state index contributed by atoms with van der Waals surface area (Å²) >= 11 is 1.35. The van der Waals surface area contributed by atoms with Gasteiger partial charge in [0, 0.05) is 36.7 Å². The van der Waals surface area contributed by atoms with Crippen LogP contribution in [-0.4, -0.2) is 34.2 Å². The van der Waals surface area contributed by atoms with Gasteiger partial charge in [-0.25, -0.2) is 4.98 Å². The van der Waals surface area contributed by atoms with Crippen molar-refractivity contribution in [1.82, 2.24) is 20.2 Å². The molecule has 0 atom stereocenters. The number of benzene rings is 3. The average molecular weight is 487 g/mol. The Labute approximate surface area is 208 Å². The van der Waals surface area contributed by atoms with Crippen LogP contribution in [0.1, 0.15) is 21.5 Å². The fourth-order valence-corrected chi connectivity index (χ4v) is 4.17. The predicted octanol–water partition coefficient (Wildman–Crippen LogP) is 4.22. The molecule has 0 aliphatic carbocycles. The summed E-state index contributed by atoms with van der Waals surface area (Å²) < 4.78 is 7.04. The lowest BCUT2D eigenvalue weighted by Crippen LogP contribution is -2.24. The normalized spacial score (nSPS) is 10.5. The van der Waals surface area contributed by atoms with Gasteiger partial charge in [-0.2, -0.15) is 0 Å². The zero-order valence-corrected chi connectivity index (χ0v) is 20.1. The largest absolute Gasteiger partial charge is 0.497 e. The third-order valence-electron chi connectivity index (χ3n) is 5.29. The van der Waals surface area contributed by atoms with E-state index in [1.807, 2.05) is 77.5 Å². The lowest BCUT2D eigenvalue weighted by Gasteiger charge is -2.10. The van der Waals surface area contributed by atoms with E-state index in [4.69, 9.17) is 4.74 Å². The Kier molecular flexibility index (Phi) is 8.19. The Hall–Kier alpha value is -4.04. The molecule has 0 aliphatic heterocycles. The van der Waals surface area contributed by atoms with Crippen LogP contribution in [-0.2, 0) is 17.9 Å². The number of methoxy groups -OCH3 is 1. The van der Waals surface area contributed by atoms with Gasteiger partial charge in [0.05, 0.1) is 12.9 Å². The summed E-state index contributed by atoms with van der Waals surface area (Å²) in [6.07, 6.45) is 3.53. The van der Waals surface area contributed by atoms with E-state index in [9.17, 15) is 9.59 Å². The van der Waals surface area contributed by atoms with E-state index in [0.717, 1.165) is 22.6 Å². The Morgan fingerprint density at radius 1 is 0.886 bits per heavy atom. The van der Waals surface area contributed by atoms with Gasteiger partial charge < -0.3 is 15.4 Å². The molecule has 0 spiro atoms. The number of thioether (sulfide) groups is 1. The zero-order valence-electron chi connectivity index (χ0n) is 19.3. The number of carbonyl (C=O) groups excluding carboxylic acids is 2. The molecule has 4 rings (SSSR count). The molecule has 0 saturated heterocycles. The van der Waals surface area contributed by atoms with Crippen molar-refractivity contribution in [3.63, 3.8) is 0 Å². The van der Waals surface area contributed by atoms with Gasteiger partial charge in [-0.3, -0.25) is 14.2 Å². The predicted molar refractivity (Wildman–Crippen MR) is 137 cm³/mol. The molecule has 0 radical (unpaired) electrons. The number of carbonyl (C=O) groups is 2. The van der Waals surface area contributed by atoms with Crippen molar-refractivity contribution in [2.75, 3.05) is 12.9 Å². The molecule has 8 heteroatoms. The average Bonchev–Trinajstić information content (AvgIpc) is 3.39. The number of hydrogen-bond acceptors (Lipinski definition) is 5. The number of imidazole rings is 1. The van der Waals surface area contributed by atoms with Crippen LogP contribution in [0.5, 0.6) is 5.75 Å². The highest BCUT2D eigenvalue weighted by Gasteiger charge is 2.11. The van der Waals surface area contributed by atoms with Gasteiger partial charge >= 0.3 is 0 Å². The van der Waals surface area contributed by atoms with Gasteiger partial charge in [0.2, 0.25) is 5.91 Å². The highest BCUT2D eigenvalue weighted by Crippen LogP contribution is 2.21.